The Kier molecular flexibility index (Phi) is 4.90. The van der Waals surface area contributed by atoms with E-state index in [1.165, 1.54) is 4.88 Å². The molecule has 0 aliphatic rings. The van der Waals surface area contributed by atoms with E-state index in [0.717, 1.165) is 4.88 Å². The van der Waals surface area contributed by atoms with Crippen LogP contribution in [0.5, 0.6) is 5.75 Å². The number of anilines is 1. The van der Waals surface area contributed by atoms with E-state index >= 15 is 0 Å². The van der Waals surface area contributed by atoms with Crippen molar-refractivity contribution in [2.24, 2.45) is 0 Å². The lowest BCUT2D eigenvalue weighted by atomic mass is 10.1. The topological polar surface area (TPSA) is 77.2 Å². The summed E-state index contributed by atoms with van der Waals surface area (Å²) >= 11 is 1.60. The Balaban J connectivity index is 1.62. The molecule has 140 valence electrons. The van der Waals surface area contributed by atoms with E-state index < -0.39 is 0 Å². The van der Waals surface area contributed by atoms with Crippen LogP contribution < -0.4 is 10.1 Å². The highest BCUT2D eigenvalue weighted by atomic mass is 32.1. The molecule has 2 aromatic heterocycles. The number of nitrogens with one attached hydrogen (secondary N) is 1. The van der Waals surface area contributed by atoms with Gasteiger partial charge in [0.15, 0.2) is 0 Å². The lowest BCUT2D eigenvalue weighted by Crippen LogP contribution is -2.12. The van der Waals surface area contributed by atoms with Crippen molar-refractivity contribution in [3.63, 3.8) is 0 Å². The molecule has 4 aromatic rings. The number of amides is 1. The smallest absolute Gasteiger partial charge is 0.260 e. The van der Waals surface area contributed by atoms with Gasteiger partial charge in [0.25, 0.3) is 11.8 Å². The normalized spacial score (nSPS) is 10.6. The van der Waals surface area contributed by atoms with Crippen LogP contribution in [0, 0.1) is 6.92 Å². The van der Waals surface area contributed by atoms with Gasteiger partial charge in [0, 0.05) is 10.4 Å². The highest BCUT2D eigenvalue weighted by Crippen LogP contribution is 2.31. The van der Waals surface area contributed by atoms with Crippen molar-refractivity contribution in [3.8, 4) is 27.9 Å². The quantitative estimate of drug-likeness (QED) is 0.516. The summed E-state index contributed by atoms with van der Waals surface area (Å²) in [5.74, 6) is 1.25. The number of rotatable bonds is 5. The van der Waals surface area contributed by atoms with Crippen molar-refractivity contribution in [1.82, 2.24) is 10.1 Å². The number of benzene rings is 2. The first-order valence-corrected chi connectivity index (χ1v) is 9.41. The summed E-state index contributed by atoms with van der Waals surface area (Å²) in [6, 6.07) is 18.3. The van der Waals surface area contributed by atoms with Crippen molar-refractivity contribution < 1.29 is 14.1 Å². The second-order valence-electron chi connectivity index (χ2n) is 6.07. The number of hydrogen-bond donors (Lipinski definition) is 1. The molecule has 1 N–H and O–H groups in total. The van der Waals surface area contributed by atoms with Gasteiger partial charge >= 0.3 is 0 Å². The number of carbonyl (C=O) groups is 1. The van der Waals surface area contributed by atoms with Gasteiger partial charge in [-0.05, 0) is 49.4 Å². The van der Waals surface area contributed by atoms with Crippen LogP contribution >= 0.6 is 11.3 Å². The summed E-state index contributed by atoms with van der Waals surface area (Å²) in [4.78, 5) is 19.3. The molecule has 0 fully saturated rings. The Bertz CT molecular complexity index is 1130. The van der Waals surface area contributed by atoms with E-state index in [9.17, 15) is 4.79 Å². The second kappa shape index (κ2) is 7.66. The summed E-state index contributed by atoms with van der Waals surface area (Å²) < 4.78 is 10.6. The molecule has 0 saturated heterocycles. The van der Waals surface area contributed by atoms with Gasteiger partial charge in [-0.3, -0.25) is 4.79 Å². The largest absolute Gasteiger partial charge is 0.497 e. The van der Waals surface area contributed by atoms with Gasteiger partial charge in [0.05, 0.1) is 23.2 Å². The maximum absolute atomic E-state index is 12.7. The first kappa shape index (κ1) is 17.9. The molecule has 4 rings (SSSR count). The molecule has 28 heavy (non-hydrogen) atoms. The Morgan fingerprint density at radius 2 is 1.96 bits per heavy atom. The van der Waals surface area contributed by atoms with Crippen LogP contribution in [0.15, 0.2) is 65.2 Å². The van der Waals surface area contributed by atoms with Crippen LogP contribution in [0.2, 0.25) is 0 Å². The Morgan fingerprint density at radius 1 is 1.11 bits per heavy atom. The molecule has 0 atom stereocenters. The first-order chi connectivity index (χ1) is 13.6. The zero-order valence-corrected chi connectivity index (χ0v) is 16.1. The SMILES string of the molecule is COc1cccc(C(=O)Nc2ccccc2-c2nc(-c3ccc(C)s3)no2)c1. The van der Waals surface area contributed by atoms with Crippen molar-refractivity contribution >= 4 is 22.9 Å². The number of methoxy groups -OCH3 is 1. The molecule has 0 radical (unpaired) electrons. The molecule has 6 nitrogen and oxygen atoms in total. The van der Waals surface area contributed by atoms with E-state index in [0.29, 0.717) is 34.3 Å². The molecule has 2 aromatic carbocycles. The highest BCUT2D eigenvalue weighted by molar-refractivity contribution is 7.15. The van der Waals surface area contributed by atoms with Crippen LogP contribution in [0.4, 0.5) is 5.69 Å². The first-order valence-electron chi connectivity index (χ1n) is 8.59. The molecule has 0 aliphatic carbocycles. The number of ether oxygens (including phenoxy) is 1. The lowest BCUT2D eigenvalue weighted by Gasteiger charge is -2.09. The van der Waals surface area contributed by atoms with E-state index in [2.05, 4.69) is 15.5 Å². The predicted octanol–water partition coefficient (Wildman–Crippen LogP) is 5.03. The van der Waals surface area contributed by atoms with Crippen molar-refractivity contribution in [1.29, 1.82) is 0 Å². The number of aromatic nitrogens is 2. The van der Waals surface area contributed by atoms with E-state index in [4.69, 9.17) is 9.26 Å². The summed E-state index contributed by atoms with van der Waals surface area (Å²) in [5, 5.41) is 6.98. The van der Waals surface area contributed by atoms with Crippen LogP contribution in [0.1, 0.15) is 15.2 Å². The molecular formula is C21H17N3O3S. The summed E-state index contributed by atoms with van der Waals surface area (Å²) in [5.41, 5.74) is 1.74. The number of para-hydroxylation sites is 1. The fourth-order valence-electron chi connectivity index (χ4n) is 2.73. The molecule has 0 spiro atoms. The van der Waals surface area contributed by atoms with E-state index in [-0.39, 0.29) is 5.91 Å². The molecule has 7 heteroatoms. The lowest BCUT2D eigenvalue weighted by molar-refractivity contribution is 0.102. The summed E-state index contributed by atoms with van der Waals surface area (Å²) in [6.45, 7) is 2.03. The average Bonchev–Trinajstić information content (AvgIpc) is 3.37. The monoisotopic (exact) mass is 391 g/mol. The van der Waals surface area contributed by atoms with Gasteiger partial charge < -0.3 is 14.6 Å². The summed E-state index contributed by atoms with van der Waals surface area (Å²) in [7, 11) is 1.56. The maximum atomic E-state index is 12.7. The van der Waals surface area contributed by atoms with Gasteiger partial charge in [-0.2, -0.15) is 4.98 Å². The number of carbonyl (C=O) groups excluding carboxylic acids is 1. The van der Waals surface area contributed by atoms with E-state index in [1.807, 2.05) is 37.3 Å². The van der Waals surface area contributed by atoms with Crippen molar-refractivity contribution in [2.75, 3.05) is 12.4 Å². The van der Waals surface area contributed by atoms with Gasteiger partial charge in [-0.25, -0.2) is 0 Å². The van der Waals surface area contributed by atoms with Gasteiger partial charge in [0.2, 0.25) is 5.82 Å². The highest BCUT2D eigenvalue weighted by Gasteiger charge is 2.17. The average molecular weight is 391 g/mol. The Labute approximate surface area is 165 Å². The van der Waals surface area contributed by atoms with Crippen LogP contribution in [0.3, 0.4) is 0 Å². The third-order valence-electron chi connectivity index (χ3n) is 4.12. The van der Waals surface area contributed by atoms with Crippen molar-refractivity contribution in [3.05, 3.63) is 71.1 Å². The molecule has 2 heterocycles. The molecule has 0 unspecified atom stereocenters. The third-order valence-corrected chi connectivity index (χ3v) is 5.12. The Hall–Kier alpha value is -3.45. The Morgan fingerprint density at radius 3 is 2.75 bits per heavy atom. The van der Waals surface area contributed by atoms with Gasteiger partial charge in [-0.15, -0.1) is 11.3 Å². The molecular weight excluding hydrogens is 374 g/mol. The zero-order valence-electron chi connectivity index (χ0n) is 15.3. The van der Waals surface area contributed by atoms with Crippen LogP contribution in [-0.4, -0.2) is 23.2 Å². The molecule has 1 amide bonds. The second-order valence-corrected chi connectivity index (χ2v) is 7.35. The third kappa shape index (κ3) is 3.65. The fraction of sp³-hybridized carbons (Fsp3) is 0.0952. The zero-order chi connectivity index (χ0) is 19.5. The van der Waals surface area contributed by atoms with Gasteiger partial charge in [-0.1, -0.05) is 23.4 Å². The molecule has 0 bridgehead atoms. The number of hydrogen-bond acceptors (Lipinski definition) is 6. The summed E-state index contributed by atoms with van der Waals surface area (Å²) in [6.07, 6.45) is 0. The number of nitrogens with zero attached hydrogens (tertiary/aromatic N) is 2. The predicted molar refractivity (Wildman–Crippen MR) is 109 cm³/mol. The molecule has 0 aliphatic heterocycles. The molecule has 0 saturated carbocycles. The minimum Gasteiger partial charge on any atom is -0.497 e. The number of thiophene rings is 1. The minimum atomic E-state index is -0.250. The number of aryl methyl sites for hydroxylation is 1. The van der Waals surface area contributed by atoms with E-state index in [1.54, 1.807) is 48.8 Å². The standard InChI is InChI=1S/C21H17N3O3S/c1-13-10-11-18(28-13)19-23-21(27-24-19)16-8-3-4-9-17(16)22-20(25)14-6-5-7-15(12-14)26-2/h3-12H,1-2H3,(H,22,25). The maximum Gasteiger partial charge on any atom is 0.260 e. The fourth-order valence-corrected chi connectivity index (χ4v) is 3.52. The van der Waals surface area contributed by atoms with Crippen molar-refractivity contribution in [2.45, 2.75) is 6.92 Å². The van der Waals surface area contributed by atoms with Crippen LogP contribution in [0.25, 0.3) is 22.2 Å². The van der Waals surface area contributed by atoms with Crippen LogP contribution in [-0.2, 0) is 0 Å². The van der Waals surface area contributed by atoms with Gasteiger partial charge in [0.1, 0.15) is 5.75 Å². The minimum absolute atomic E-state index is 0.250.